The van der Waals surface area contributed by atoms with Crippen LogP contribution in [0, 0.1) is 0 Å². The first-order valence-electron chi connectivity index (χ1n) is 13.9. The molecule has 0 saturated heterocycles. The smallest absolute Gasteiger partial charge is 0.370 e. The van der Waals surface area contributed by atoms with E-state index in [1.165, 1.54) is 96.3 Å². The van der Waals surface area contributed by atoms with Gasteiger partial charge in [0.2, 0.25) is 0 Å². The number of hydrogen-bond donors (Lipinski definition) is 1. The van der Waals surface area contributed by atoms with Crippen LogP contribution in [0.1, 0.15) is 142 Å². The first kappa shape index (κ1) is 26.1. The Morgan fingerprint density at radius 2 is 0.710 bits per heavy atom. The third kappa shape index (κ3) is 9.31. The van der Waals surface area contributed by atoms with Crippen LogP contribution in [0.5, 0.6) is 0 Å². The lowest BCUT2D eigenvalue weighted by Gasteiger charge is -2.41. The molecule has 3 nitrogen and oxygen atoms in total. The predicted molar refractivity (Wildman–Crippen MR) is 136 cm³/mol. The Hall–Kier alpha value is 0.447. The molecule has 0 radical (unpaired) electrons. The van der Waals surface area contributed by atoms with Crippen molar-refractivity contribution in [2.24, 2.45) is 0 Å². The van der Waals surface area contributed by atoms with E-state index in [4.69, 9.17) is 25.9 Å². The highest BCUT2D eigenvalue weighted by Gasteiger charge is 2.51. The quantitative estimate of drug-likeness (QED) is 0.300. The zero-order chi connectivity index (χ0) is 21.8. The van der Waals surface area contributed by atoms with Crippen molar-refractivity contribution in [3.05, 3.63) is 0 Å². The highest BCUT2D eigenvalue weighted by atomic mass is 32.1. The highest BCUT2D eigenvalue weighted by molar-refractivity contribution is 7.82. The summed E-state index contributed by atoms with van der Waals surface area (Å²) in [6, 6.07) is 0. The van der Waals surface area contributed by atoms with E-state index in [0.29, 0.717) is 18.3 Å². The predicted octanol–water partition coefficient (Wildman–Crippen LogP) is 8.17. The largest absolute Gasteiger partial charge is 0.514 e. The molecule has 31 heavy (non-hydrogen) atoms. The molecule has 0 bridgehead atoms. The Labute approximate surface area is 199 Å². The molecule has 0 aromatic heterocycles. The molecule has 1 atom stereocenters. The third-order valence-corrected chi connectivity index (χ3v) is 11.6. The van der Waals surface area contributed by atoms with Gasteiger partial charge < -0.3 is 13.3 Å². The maximum absolute atomic E-state index is 7.04. The summed E-state index contributed by atoms with van der Waals surface area (Å²) < 4.78 is 21.1. The van der Waals surface area contributed by atoms with Crippen molar-refractivity contribution >= 4 is 21.4 Å². The van der Waals surface area contributed by atoms with Crippen LogP contribution in [0.15, 0.2) is 0 Å². The monoisotopic (exact) mass is 470 g/mol. The molecule has 3 fully saturated rings. The fourth-order valence-electron chi connectivity index (χ4n) is 5.69. The van der Waals surface area contributed by atoms with Crippen LogP contribution in [0.3, 0.4) is 0 Å². The van der Waals surface area contributed by atoms with Gasteiger partial charge in [0.25, 0.3) is 0 Å². The van der Waals surface area contributed by atoms with Gasteiger partial charge in [0.1, 0.15) is 0 Å². The Morgan fingerprint density at radius 3 is 0.935 bits per heavy atom. The lowest BCUT2D eigenvalue weighted by atomic mass is 9.99. The van der Waals surface area contributed by atoms with Crippen LogP contribution < -0.4 is 0 Å². The van der Waals surface area contributed by atoms with Crippen LogP contribution in [0.2, 0.25) is 0 Å². The fraction of sp³-hybridized carbons (Fsp3) is 1.00. The van der Waals surface area contributed by atoms with Crippen LogP contribution in [0.4, 0.5) is 0 Å². The van der Waals surface area contributed by atoms with E-state index in [1.807, 2.05) is 0 Å². The summed E-state index contributed by atoms with van der Waals surface area (Å²) in [6.07, 6.45) is 27.8. The molecule has 0 N–H and O–H groups in total. The molecule has 0 aliphatic heterocycles. The summed E-state index contributed by atoms with van der Waals surface area (Å²) in [4.78, 5) is 0.0359. The van der Waals surface area contributed by atoms with Gasteiger partial charge in [-0.3, -0.25) is 0 Å². The second kappa shape index (κ2) is 14.7. The van der Waals surface area contributed by atoms with Crippen LogP contribution >= 0.6 is 12.6 Å². The summed E-state index contributed by atoms with van der Waals surface area (Å²) in [6.45, 7) is 2.18. The zero-order valence-corrected chi connectivity index (χ0v) is 22.2. The van der Waals surface area contributed by atoms with E-state index in [2.05, 4.69) is 6.92 Å². The van der Waals surface area contributed by atoms with Crippen molar-refractivity contribution in [2.45, 2.75) is 165 Å². The second-order valence-electron chi connectivity index (χ2n) is 10.5. The van der Waals surface area contributed by atoms with Crippen molar-refractivity contribution in [1.82, 2.24) is 0 Å². The van der Waals surface area contributed by atoms with Crippen molar-refractivity contribution in [2.75, 3.05) is 0 Å². The zero-order valence-electron chi connectivity index (χ0n) is 20.3. The van der Waals surface area contributed by atoms with E-state index < -0.39 is 8.80 Å². The Bertz CT molecular complexity index is 392. The summed E-state index contributed by atoms with van der Waals surface area (Å²) in [7, 11) is -2.89. The maximum atomic E-state index is 7.04. The van der Waals surface area contributed by atoms with Crippen LogP contribution in [-0.2, 0) is 13.3 Å². The molecule has 3 aliphatic carbocycles. The van der Waals surface area contributed by atoms with Gasteiger partial charge >= 0.3 is 8.80 Å². The first-order chi connectivity index (χ1) is 15.2. The first-order valence-corrected chi connectivity index (χ1v) is 16.2. The lowest BCUT2D eigenvalue weighted by molar-refractivity contribution is -0.0352. The second-order valence-corrected chi connectivity index (χ2v) is 14.6. The Balaban J connectivity index is 1.75. The third-order valence-electron chi connectivity index (χ3n) is 7.66. The van der Waals surface area contributed by atoms with Crippen LogP contribution in [0.25, 0.3) is 0 Å². The molecule has 3 rings (SSSR count). The van der Waals surface area contributed by atoms with Gasteiger partial charge in [-0.15, -0.1) is 0 Å². The minimum atomic E-state index is -2.89. The topological polar surface area (TPSA) is 27.7 Å². The van der Waals surface area contributed by atoms with Gasteiger partial charge in [0, 0.05) is 18.3 Å². The average Bonchev–Trinajstić information content (AvgIpc) is 2.67. The number of thiol groups is 1. The summed E-state index contributed by atoms with van der Waals surface area (Å²) >= 11 is 5.01. The highest BCUT2D eigenvalue weighted by Crippen LogP contribution is 2.34. The van der Waals surface area contributed by atoms with Gasteiger partial charge in [-0.2, -0.15) is 12.6 Å². The summed E-state index contributed by atoms with van der Waals surface area (Å²) in [5, 5.41) is 0. The van der Waals surface area contributed by atoms with Gasteiger partial charge in [-0.05, 0) is 45.4 Å². The molecule has 0 heterocycles. The molecular weight excluding hydrogens is 420 g/mol. The van der Waals surface area contributed by atoms with E-state index in [9.17, 15) is 0 Å². The van der Waals surface area contributed by atoms with Gasteiger partial charge in [-0.25, -0.2) is 0 Å². The van der Waals surface area contributed by atoms with Crippen molar-refractivity contribution in [3.63, 3.8) is 0 Å². The van der Waals surface area contributed by atoms with Crippen LogP contribution in [-0.4, -0.2) is 32.0 Å². The molecule has 1 unspecified atom stereocenters. The molecule has 0 amide bonds. The Morgan fingerprint density at radius 1 is 0.484 bits per heavy atom. The van der Waals surface area contributed by atoms with E-state index >= 15 is 0 Å². The van der Waals surface area contributed by atoms with Crippen molar-refractivity contribution < 1.29 is 13.3 Å². The SMILES string of the molecule is CC(S)[Si](OC1CCCCCCC1)(OC1CCCCCCC1)OC1CCCCCCC1. The van der Waals surface area contributed by atoms with E-state index in [0.717, 1.165) is 38.5 Å². The molecule has 0 spiro atoms. The molecule has 182 valence electrons. The normalized spacial score (nSPS) is 26.1. The molecule has 0 aromatic carbocycles. The minimum absolute atomic E-state index is 0.0359. The molecule has 3 saturated carbocycles. The molecular formula is C26H50O3SSi. The van der Waals surface area contributed by atoms with Gasteiger partial charge in [-0.1, -0.05) is 96.3 Å². The molecule has 5 heteroatoms. The van der Waals surface area contributed by atoms with Gasteiger partial charge in [0.15, 0.2) is 0 Å². The van der Waals surface area contributed by atoms with Crippen molar-refractivity contribution in [3.8, 4) is 0 Å². The van der Waals surface area contributed by atoms with E-state index in [1.54, 1.807) is 0 Å². The summed E-state index contributed by atoms with van der Waals surface area (Å²) in [5.41, 5.74) is 0. The molecule has 0 aromatic rings. The fourth-order valence-corrected chi connectivity index (χ4v) is 9.09. The van der Waals surface area contributed by atoms with Crippen molar-refractivity contribution in [1.29, 1.82) is 0 Å². The maximum Gasteiger partial charge on any atom is 0.514 e. The average molecular weight is 471 g/mol. The molecule has 3 aliphatic rings. The lowest BCUT2D eigenvalue weighted by Crippen LogP contribution is -2.58. The van der Waals surface area contributed by atoms with E-state index in [-0.39, 0.29) is 4.87 Å². The Kier molecular flexibility index (Phi) is 12.3. The standard InChI is InChI=1S/C26H50O3SSi/c1-23(30)31(27-24-17-11-5-2-6-12-18-24,28-25-19-13-7-3-8-14-20-25)29-26-21-15-9-4-10-16-22-26/h23-26,30H,2-22H2,1H3. The minimum Gasteiger partial charge on any atom is -0.370 e. The number of rotatable bonds is 7. The summed E-state index contributed by atoms with van der Waals surface area (Å²) in [5.74, 6) is 0. The number of hydrogen-bond acceptors (Lipinski definition) is 4. The van der Waals surface area contributed by atoms with Gasteiger partial charge in [0.05, 0.1) is 4.87 Å².